The number of carbonyl (C=O) groups is 1. The Morgan fingerprint density at radius 2 is 1.84 bits per heavy atom. The van der Waals surface area contributed by atoms with E-state index in [0.29, 0.717) is 18.7 Å². The van der Waals surface area contributed by atoms with Crippen LogP contribution in [-0.4, -0.2) is 57.1 Å². The lowest BCUT2D eigenvalue weighted by Gasteiger charge is -2.29. The zero-order valence-corrected chi connectivity index (χ0v) is 19.4. The largest absolute Gasteiger partial charge is 0.497 e. The van der Waals surface area contributed by atoms with E-state index in [-0.39, 0.29) is 11.9 Å². The number of nitrogens with one attached hydrogen (secondary N) is 3. The maximum Gasteiger partial charge on any atom is 0.251 e. The fraction of sp³-hybridized carbons (Fsp3) is 0.440. The molecule has 32 heavy (non-hydrogen) atoms. The van der Waals surface area contributed by atoms with Crippen LogP contribution in [0, 0.1) is 0 Å². The minimum Gasteiger partial charge on any atom is -0.497 e. The molecule has 0 spiro atoms. The highest BCUT2D eigenvalue weighted by Crippen LogP contribution is 2.27. The summed E-state index contributed by atoms with van der Waals surface area (Å²) in [6, 6.07) is 16.2. The van der Waals surface area contributed by atoms with E-state index >= 15 is 0 Å². The first-order chi connectivity index (χ1) is 15.6. The molecule has 3 rings (SSSR count). The second-order valence-corrected chi connectivity index (χ2v) is 7.90. The molecule has 1 heterocycles. The van der Waals surface area contributed by atoms with E-state index in [4.69, 9.17) is 4.74 Å². The molecule has 0 saturated carbocycles. The summed E-state index contributed by atoms with van der Waals surface area (Å²) in [4.78, 5) is 18.8. The zero-order chi connectivity index (χ0) is 22.8. The summed E-state index contributed by atoms with van der Waals surface area (Å²) in [6.07, 6.45) is 2.47. The molecule has 7 nitrogen and oxygen atoms in total. The molecule has 2 aromatic carbocycles. The van der Waals surface area contributed by atoms with Crippen LogP contribution in [-0.2, 0) is 6.54 Å². The summed E-state index contributed by atoms with van der Waals surface area (Å²) >= 11 is 0. The second-order valence-electron chi connectivity index (χ2n) is 7.90. The average Bonchev–Trinajstić information content (AvgIpc) is 3.36. The van der Waals surface area contributed by atoms with E-state index in [0.717, 1.165) is 36.9 Å². The molecule has 1 amide bonds. The summed E-state index contributed by atoms with van der Waals surface area (Å²) in [6.45, 7) is 6.13. The Hall–Kier alpha value is -3.06. The third-order valence-corrected chi connectivity index (χ3v) is 5.76. The van der Waals surface area contributed by atoms with Gasteiger partial charge in [-0.05, 0) is 68.2 Å². The number of hydrogen-bond acceptors (Lipinski definition) is 4. The zero-order valence-electron chi connectivity index (χ0n) is 19.4. The average molecular weight is 438 g/mol. The number of carbonyl (C=O) groups excluding carboxylic acids is 1. The number of amides is 1. The summed E-state index contributed by atoms with van der Waals surface area (Å²) < 4.78 is 5.44. The van der Waals surface area contributed by atoms with Crippen LogP contribution < -0.4 is 20.7 Å². The molecule has 172 valence electrons. The fourth-order valence-corrected chi connectivity index (χ4v) is 4.00. The normalized spacial score (nSPS) is 15.3. The molecule has 0 aliphatic carbocycles. The molecule has 1 unspecified atom stereocenters. The van der Waals surface area contributed by atoms with Crippen LogP contribution in [0.25, 0.3) is 0 Å². The monoisotopic (exact) mass is 437 g/mol. The van der Waals surface area contributed by atoms with E-state index in [1.807, 2.05) is 37.3 Å². The molecule has 1 fully saturated rings. The molecule has 7 heteroatoms. The molecule has 0 aromatic heterocycles. The molecule has 1 aliphatic heterocycles. The van der Waals surface area contributed by atoms with Crippen molar-refractivity contribution in [2.24, 2.45) is 4.99 Å². The predicted molar refractivity (Wildman–Crippen MR) is 129 cm³/mol. The third-order valence-electron chi connectivity index (χ3n) is 5.76. The van der Waals surface area contributed by atoms with Gasteiger partial charge in [0.15, 0.2) is 5.96 Å². The Balaban J connectivity index is 1.59. The lowest BCUT2D eigenvalue weighted by molar-refractivity contribution is 0.0956. The van der Waals surface area contributed by atoms with Crippen LogP contribution in [0.4, 0.5) is 0 Å². The van der Waals surface area contributed by atoms with Gasteiger partial charge in [0, 0.05) is 32.2 Å². The highest BCUT2D eigenvalue weighted by Gasteiger charge is 2.24. The summed E-state index contributed by atoms with van der Waals surface area (Å²) in [5.74, 6) is 1.59. The van der Waals surface area contributed by atoms with E-state index in [9.17, 15) is 4.79 Å². The Labute approximate surface area is 191 Å². The highest BCUT2D eigenvalue weighted by molar-refractivity contribution is 5.94. The van der Waals surface area contributed by atoms with Gasteiger partial charge in [-0.3, -0.25) is 14.7 Å². The number of benzene rings is 2. The Morgan fingerprint density at radius 3 is 2.50 bits per heavy atom. The predicted octanol–water partition coefficient (Wildman–Crippen LogP) is 2.95. The third kappa shape index (κ3) is 6.47. The van der Waals surface area contributed by atoms with Gasteiger partial charge in [-0.2, -0.15) is 0 Å². The van der Waals surface area contributed by atoms with Gasteiger partial charge in [0.05, 0.1) is 13.2 Å². The highest BCUT2D eigenvalue weighted by atomic mass is 16.5. The number of nitrogens with zero attached hydrogens (tertiary/aromatic N) is 2. The minimum absolute atomic E-state index is 0.0463. The molecule has 2 aromatic rings. The van der Waals surface area contributed by atoms with Crippen molar-refractivity contribution < 1.29 is 9.53 Å². The van der Waals surface area contributed by atoms with Crippen molar-refractivity contribution in [2.45, 2.75) is 32.4 Å². The Kier molecular flexibility index (Phi) is 8.92. The maximum atomic E-state index is 11.9. The number of hydrogen-bond donors (Lipinski definition) is 3. The minimum atomic E-state index is -0.0463. The lowest BCUT2D eigenvalue weighted by atomic mass is 10.1. The summed E-state index contributed by atoms with van der Waals surface area (Å²) in [5.41, 5.74) is 3.00. The SMILES string of the molecule is CCNC(=O)c1ccc(CNC(=NC)NCC(c2cccc(OC)c2)N2CCCC2)cc1. The van der Waals surface area contributed by atoms with Crippen LogP contribution in [0.3, 0.4) is 0 Å². The molecule has 1 saturated heterocycles. The van der Waals surface area contributed by atoms with Gasteiger partial charge in [-0.15, -0.1) is 0 Å². The van der Waals surface area contributed by atoms with Crippen LogP contribution in [0.1, 0.15) is 47.3 Å². The first kappa shape index (κ1) is 23.6. The second kappa shape index (κ2) is 12.1. The molecule has 1 atom stereocenters. The summed E-state index contributed by atoms with van der Waals surface area (Å²) in [7, 11) is 3.49. The van der Waals surface area contributed by atoms with Crippen molar-refractivity contribution >= 4 is 11.9 Å². The van der Waals surface area contributed by atoms with E-state index in [1.54, 1.807) is 14.2 Å². The maximum absolute atomic E-state index is 11.9. The smallest absolute Gasteiger partial charge is 0.251 e. The van der Waals surface area contributed by atoms with Crippen LogP contribution in [0.5, 0.6) is 5.75 Å². The Bertz CT molecular complexity index is 891. The fourth-order valence-electron chi connectivity index (χ4n) is 4.00. The molecule has 3 N–H and O–H groups in total. The number of likely N-dealkylation sites (tertiary alicyclic amines) is 1. The van der Waals surface area contributed by atoms with Gasteiger partial charge in [0.25, 0.3) is 5.91 Å². The van der Waals surface area contributed by atoms with Crippen molar-refractivity contribution in [3.8, 4) is 5.75 Å². The number of aliphatic imine (C=N–C) groups is 1. The number of rotatable bonds is 9. The quantitative estimate of drug-likeness (QED) is 0.415. The van der Waals surface area contributed by atoms with Crippen molar-refractivity contribution in [1.82, 2.24) is 20.9 Å². The van der Waals surface area contributed by atoms with Crippen LogP contribution in [0.2, 0.25) is 0 Å². The van der Waals surface area contributed by atoms with Crippen molar-refractivity contribution in [2.75, 3.05) is 40.3 Å². The van der Waals surface area contributed by atoms with Gasteiger partial charge < -0.3 is 20.7 Å². The number of methoxy groups -OCH3 is 1. The van der Waals surface area contributed by atoms with E-state index in [1.165, 1.54) is 18.4 Å². The first-order valence-corrected chi connectivity index (χ1v) is 11.3. The van der Waals surface area contributed by atoms with Crippen molar-refractivity contribution in [3.05, 3.63) is 65.2 Å². The van der Waals surface area contributed by atoms with Gasteiger partial charge in [-0.25, -0.2) is 0 Å². The van der Waals surface area contributed by atoms with Crippen molar-refractivity contribution in [3.63, 3.8) is 0 Å². The first-order valence-electron chi connectivity index (χ1n) is 11.3. The van der Waals surface area contributed by atoms with Crippen LogP contribution >= 0.6 is 0 Å². The molecular formula is C25H35N5O2. The summed E-state index contributed by atoms with van der Waals surface area (Å²) in [5, 5.41) is 9.68. The molecule has 0 bridgehead atoms. The van der Waals surface area contributed by atoms with Gasteiger partial charge >= 0.3 is 0 Å². The molecule has 1 aliphatic rings. The van der Waals surface area contributed by atoms with E-state index in [2.05, 4.69) is 44.0 Å². The Morgan fingerprint density at radius 1 is 1.09 bits per heavy atom. The van der Waals surface area contributed by atoms with E-state index < -0.39 is 0 Å². The standard InChI is InChI=1S/C25H35N5O2/c1-4-27-24(31)20-12-10-19(11-13-20)17-28-25(26-2)29-18-23(30-14-5-6-15-30)21-8-7-9-22(16-21)32-3/h7-13,16,23H,4-6,14-15,17-18H2,1-3H3,(H,27,31)(H2,26,28,29). The number of guanidine groups is 1. The number of ether oxygens (including phenoxy) is 1. The van der Waals surface area contributed by atoms with Crippen molar-refractivity contribution in [1.29, 1.82) is 0 Å². The molecule has 0 radical (unpaired) electrons. The van der Waals surface area contributed by atoms with Gasteiger partial charge in [-0.1, -0.05) is 24.3 Å². The van der Waals surface area contributed by atoms with Crippen LogP contribution in [0.15, 0.2) is 53.5 Å². The lowest BCUT2D eigenvalue weighted by Crippen LogP contribution is -2.42. The topological polar surface area (TPSA) is 78.0 Å². The van der Waals surface area contributed by atoms with Gasteiger partial charge in [0.1, 0.15) is 5.75 Å². The molecular weight excluding hydrogens is 402 g/mol. The van der Waals surface area contributed by atoms with Gasteiger partial charge in [0.2, 0.25) is 0 Å².